The van der Waals surface area contributed by atoms with E-state index in [-0.39, 0.29) is 18.1 Å². The van der Waals surface area contributed by atoms with E-state index in [1.54, 1.807) is 0 Å². The van der Waals surface area contributed by atoms with E-state index in [1.165, 1.54) is 0 Å². The van der Waals surface area contributed by atoms with Gasteiger partial charge in [-0.1, -0.05) is 0 Å². The average molecular weight is 272 g/mol. The Balaban J connectivity index is 2.30. The summed E-state index contributed by atoms with van der Waals surface area (Å²) >= 11 is 0. The summed E-state index contributed by atoms with van der Waals surface area (Å²) in [4.78, 5) is 11.6. The third-order valence-electron chi connectivity index (χ3n) is 3.28. The number of primary amides is 1. The van der Waals surface area contributed by atoms with Gasteiger partial charge in [0.2, 0.25) is 5.91 Å². The maximum Gasteiger partial charge on any atom is 0.237 e. The molecular weight excluding hydrogens is 244 g/mol. The number of carbonyl (C=O) groups is 1. The number of rotatable bonds is 10. The Hall–Kier alpha value is -0.650. The van der Waals surface area contributed by atoms with E-state index in [1.807, 2.05) is 27.7 Å². The van der Waals surface area contributed by atoms with E-state index in [2.05, 4.69) is 5.32 Å². The van der Waals surface area contributed by atoms with Gasteiger partial charge in [-0.3, -0.25) is 4.79 Å². The van der Waals surface area contributed by atoms with Gasteiger partial charge < -0.3 is 20.5 Å². The highest BCUT2D eigenvalue weighted by atomic mass is 16.5. The molecule has 0 heterocycles. The number of hydrogen-bond donors (Lipinski definition) is 2. The van der Waals surface area contributed by atoms with Crippen molar-refractivity contribution in [3.8, 4) is 0 Å². The SMILES string of the molecule is CC(C)OCCOC(C)CC(C)(NC1CC1)C(N)=O. The molecule has 5 nitrogen and oxygen atoms in total. The fourth-order valence-electron chi connectivity index (χ4n) is 2.08. The van der Waals surface area contributed by atoms with E-state index in [0.717, 1.165) is 12.8 Å². The molecule has 19 heavy (non-hydrogen) atoms. The first-order valence-corrected chi connectivity index (χ1v) is 7.14. The zero-order valence-electron chi connectivity index (χ0n) is 12.6. The van der Waals surface area contributed by atoms with Gasteiger partial charge in [0.1, 0.15) is 0 Å². The fourth-order valence-corrected chi connectivity index (χ4v) is 2.08. The van der Waals surface area contributed by atoms with Crippen molar-refractivity contribution in [1.29, 1.82) is 0 Å². The normalized spacial score (nSPS) is 20.3. The predicted molar refractivity (Wildman–Crippen MR) is 74.9 cm³/mol. The quantitative estimate of drug-likeness (QED) is 0.586. The highest BCUT2D eigenvalue weighted by molar-refractivity contribution is 5.84. The van der Waals surface area contributed by atoms with Crippen LogP contribution in [0.3, 0.4) is 0 Å². The van der Waals surface area contributed by atoms with Crippen LogP contribution in [-0.4, -0.2) is 42.9 Å². The van der Waals surface area contributed by atoms with Gasteiger partial charge in [0.15, 0.2) is 0 Å². The first kappa shape index (κ1) is 16.4. The fraction of sp³-hybridized carbons (Fsp3) is 0.929. The Morgan fingerprint density at radius 1 is 1.32 bits per heavy atom. The van der Waals surface area contributed by atoms with Gasteiger partial charge in [-0.25, -0.2) is 0 Å². The highest BCUT2D eigenvalue weighted by Crippen LogP contribution is 2.25. The van der Waals surface area contributed by atoms with Crippen molar-refractivity contribution in [2.24, 2.45) is 5.73 Å². The molecule has 1 saturated carbocycles. The Morgan fingerprint density at radius 2 is 1.89 bits per heavy atom. The van der Waals surface area contributed by atoms with Crippen LogP contribution in [0, 0.1) is 0 Å². The summed E-state index contributed by atoms with van der Waals surface area (Å²) in [5.74, 6) is -0.312. The second-order valence-corrected chi connectivity index (χ2v) is 5.92. The zero-order chi connectivity index (χ0) is 14.5. The van der Waals surface area contributed by atoms with Gasteiger partial charge >= 0.3 is 0 Å². The molecular formula is C14H28N2O3. The van der Waals surface area contributed by atoms with Crippen molar-refractivity contribution in [2.75, 3.05) is 13.2 Å². The first-order valence-electron chi connectivity index (χ1n) is 7.14. The second-order valence-electron chi connectivity index (χ2n) is 5.92. The van der Waals surface area contributed by atoms with Crippen LogP contribution in [0.5, 0.6) is 0 Å². The molecule has 0 spiro atoms. The summed E-state index contributed by atoms with van der Waals surface area (Å²) in [7, 11) is 0. The number of nitrogens with two attached hydrogens (primary N) is 1. The van der Waals surface area contributed by atoms with Crippen LogP contribution >= 0.6 is 0 Å². The van der Waals surface area contributed by atoms with Crippen molar-refractivity contribution in [2.45, 2.75) is 70.7 Å². The molecule has 112 valence electrons. The summed E-state index contributed by atoms with van der Waals surface area (Å²) in [5, 5.41) is 3.32. The van der Waals surface area contributed by atoms with Gasteiger partial charge in [0.25, 0.3) is 0 Å². The molecule has 0 bridgehead atoms. The predicted octanol–water partition coefficient (Wildman–Crippen LogP) is 1.20. The summed E-state index contributed by atoms with van der Waals surface area (Å²) in [6.07, 6.45) is 3.02. The minimum atomic E-state index is -0.681. The molecule has 0 aliphatic heterocycles. The molecule has 0 saturated heterocycles. The molecule has 0 radical (unpaired) electrons. The van der Waals surface area contributed by atoms with Crippen molar-refractivity contribution in [3.05, 3.63) is 0 Å². The van der Waals surface area contributed by atoms with Crippen molar-refractivity contribution < 1.29 is 14.3 Å². The van der Waals surface area contributed by atoms with E-state index in [4.69, 9.17) is 15.2 Å². The maximum absolute atomic E-state index is 11.6. The minimum absolute atomic E-state index is 0.0282. The molecule has 1 amide bonds. The topological polar surface area (TPSA) is 73.6 Å². The van der Waals surface area contributed by atoms with Crippen LogP contribution in [0.2, 0.25) is 0 Å². The van der Waals surface area contributed by atoms with Crippen molar-refractivity contribution >= 4 is 5.91 Å². The van der Waals surface area contributed by atoms with Crippen LogP contribution in [0.25, 0.3) is 0 Å². The monoisotopic (exact) mass is 272 g/mol. The molecule has 0 aromatic heterocycles. The van der Waals surface area contributed by atoms with Gasteiger partial charge in [-0.15, -0.1) is 0 Å². The molecule has 3 N–H and O–H groups in total. The third-order valence-corrected chi connectivity index (χ3v) is 3.28. The lowest BCUT2D eigenvalue weighted by Crippen LogP contribution is -2.55. The van der Waals surface area contributed by atoms with Crippen LogP contribution in [-0.2, 0) is 14.3 Å². The molecule has 1 fully saturated rings. The van der Waals surface area contributed by atoms with Gasteiger partial charge in [-0.05, 0) is 40.5 Å². The maximum atomic E-state index is 11.6. The summed E-state index contributed by atoms with van der Waals surface area (Å²) in [5.41, 5.74) is 4.83. The Labute approximate surface area is 116 Å². The summed E-state index contributed by atoms with van der Waals surface area (Å²) in [6.45, 7) is 8.92. The standard InChI is InChI=1S/C14H28N2O3/c1-10(2)18-7-8-19-11(3)9-14(4,13(15)17)16-12-5-6-12/h10-12,16H,5-9H2,1-4H3,(H2,15,17). The zero-order valence-corrected chi connectivity index (χ0v) is 12.6. The number of amides is 1. The largest absolute Gasteiger partial charge is 0.376 e. The van der Waals surface area contributed by atoms with Crippen molar-refractivity contribution in [1.82, 2.24) is 5.32 Å². The molecule has 2 atom stereocenters. The molecule has 0 aromatic carbocycles. The lowest BCUT2D eigenvalue weighted by Gasteiger charge is -2.30. The molecule has 0 aromatic rings. The number of carbonyl (C=O) groups excluding carboxylic acids is 1. The van der Waals surface area contributed by atoms with Gasteiger partial charge in [0.05, 0.1) is 31.0 Å². The summed E-state index contributed by atoms with van der Waals surface area (Å²) < 4.78 is 11.1. The van der Waals surface area contributed by atoms with Crippen LogP contribution in [0.1, 0.15) is 47.0 Å². The number of ether oxygens (including phenoxy) is 2. The molecule has 5 heteroatoms. The lowest BCUT2D eigenvalue weighted by atomic mass is 9.93. The van der Waals surface area contributed by atoms with E-state index in [0.29, 0.717) is 25.7 Å². The minimum Gasteiger partial charge on any atom is -0.376 e. The highest BCUT2D eigenvalue weighted by Gasteiger charge is 2.38. The van der Waals surface area contributed by atoms with Gasteiger partial charge in [-0.2, -0.15) is 0 Å². The van der Waals surface area contributed by atoms with Crippen molar-refractivity contribution in [3.63, 3.8) is 0 Å². The number of hydrogen-bond acceptors (Lipinski definition) is 4. The first-order chi connectivity index (χ1) is 8.83. The van der Waals surface area contributed by atoms with Crippen LogP contribution in [0.4, 0.5) is 0 Å². The van der Waals surface area contributed by atoms with Crippen LogP contribution < -0.4 is 11.1 Å². The smallest absolute Gasteiger partial charge is 0.237 e. The van der Waals surface area contributed by atoms with E-state index in [9.17, 15) is 4.79 Å². The summed E-state index contributed by atoms with van der Waals surface area (Å²) in [6, 6.07) is 0.439. The van der Waals surface area contributed by atoms with Crippen LogP contribution in [0.15, 0.2) is 0 Å². The molecule has 2 unspecified atom stereocenters. The Morgan fingerprint density at radius 3 is 2.37 bits per heavy atom. The molecule has 1 aliphatic rings. The third kappa shape index (κ3) is 6.36. The Bertz CT molecular complexity index is 292. The Kier molecular flexibility index (Phi) is 6.23. The second kappa shape index (κ2) is 7.22. The average Bonchev–Trinajstić information content (AvgIpc) is 3.07. The molecule has 1 rings (SSSR count). The van der Waals surface area contributed by atoms with E-state index < -0.39 is 5.54 Å². The van der Waals surface area contributed by atoms with E-state index >= 15 is 0 Å². The number of nitrogens with one attached hydrogen (secondary N) is 1. The van der Waals surface area contributed by atoms with Gasteiger partial charge in [0, 0.05) is 12.5 Å². The molecule has 1 aliphatic carbocycles. The lowest BCUT2D eigenvalue weighted by molar-refractivity contribution is -0.125.